The van der Waals surface area contributed by atoms with Crippen LogP contribution in [0.2, 0.25) is 0 Å². The van der Waals surface area contributed by atoms with E-state index >= 15 is 0 Å². The van der Waals surface area contributed by atoms with Gasteiger partial charge in [-0.05, 0) is 37.8 Å². The van der Waals surface area contributed by atoms with E-state index < -0.39 is 0 Å². The van der Waals surface area contributed by atoms with Gasteiger partial charge < -0.3 is 10.5 Å². The van der Waals surface area contributed by atoms with Crippen molar-refractivity contribution in [1.29, 1.82) is 0 Å². The summed E-state index contributed by atoms with van der Waals surface area (Å²) in [5.74, 6) is 1.63. The van der Waals surface area contributed by atoms with Gasteiger partial charge in [-0.2, -0.15) is 0 Å². The molecule has 0 aromatic heterocycles. The van der Waals surface area contributed by atoms with Crippen molar-refractivity contribution >= 4 is 5.69 Å². The summed E-state index contributed by atoms with van der Waals surface area (Å²) in [5, 5.41) is 0. The zero-order valence-electron chi connectivity index (χ0n) is 10.1. The summed E-state index contributed by atoms with van der Waals surface area (Å²) in [6, 6.07) is 3.94. The third-order valence-corrected chi connectivity index (χ3v) is 2.59. The number of rotatable bonds is 4. The maximum atomic E-state index is 5.84. The smallest absolute Gasteiger partial charge is 0.127 e. The maximum absolute atomic E-state index is 5.84. The van der Waals surface area contributed by atoms with Crippen molar-refractivity contribution in [1.82, 2.24) is 0 Å². The third kappa shape index (κ3) is 3.15. The highest BCUT2D eigenvalue weighted by Gasteiger charge is 2.06. The third-order valence-electron chi connectivity index (χ3n) is 2.59. The highest BCUT2D eigenvalue weighted by atomic mass is 16.5. The minimum Gasteiger partial charge on any atom is -0.493 e. The summed E-state index contributed by atoms with van der Waals surface area (Å²) < 4.78 is 5.78. The van der Waals surface area contributed by atoms with E-state index in [4.69, 9.17) is 10.5 Å². The van der Waals surface area contributed by atoms with Crippen molar-refractivity contribution in [2.24, 2.45) is 5.92 Å². The maximum Gasteiger partial charge on any atom is 0.127 e. The normalized spacial score (nSPS) is 10.7. The fourth-order valence-electron chi connectivity index (χ4n) is 1.46. The summed E-state index contributed by atoms with van der Waals surface area (Å²) in [6.45, 7) is 9.22. The second kappa shape index (κ2) is 5.06. The molecule has 2 nitrogen and oxygen atoms in total. The van der Waals surface area contributed by atoms with Gasteiger partial charge in [0.05, 0.1) is 6.61 Å². The first-order valence-electron chi connectivity index (χ1n) is 5.51. The van der Waals surface area contributed by atoms with Gasteiger partial charge in [-0.3, -0.25) is 0 Å². The van der Waals surface area contributed by atoms with Gasteiger partial charge >= 0.3 is 0 Å². The highest BCUT2D eigenvalue weighted by molar-refractivity contribution is 5.56. The minimum absolute atomic E-state index is 0.673. The van der Waals surface area contributed by atoms with Gasteiger partial charge in [0, 0.05) is 11.3 Å². The number of nitrogens with two attached hydrogens (primary N) is 1. The van der Waals surface area contributed by atoms with Crippen LogP contribution >= 0.6 is 0 Å². The predicted molar refractivity (Wildman–Crippen MR) is 65.3 cm³/mol. The molecule has 84 valence electrons. The Morgan fingerprint density at radius 2 is 1.93 bits per heavy atom. The standard InChI is InChI=1S/C13H21NO/c1-9(2)7-8-15-13-10(3)5-6-12(14)11(13)4/h5-6,9H,7-8,14H2,1-4H3. The van der Waals surface area contributed by atoms with Crippen molar-refractivity contribution in [2.75, 3.05) is 12.3 Å². The number of anilines is 1. The zero-order valence-corrected chi connectivity index (χ0v) is 10.1. The molecule has 0 amide bonds. The Morgan fingerprint density at radius 3 is 2.53 bits per heavy atom. The first-order chi connectivity index (χ1) is 7.02. The Bertz CT molecular complexity index is 332. The SMILES string of the molecule is Cc1ccc(N)c(C)c1OCCC(C)C. The molecule has 15 heavy (non-hydrogen) atoms. The Hall–Kier alpha value is -1.18. The molecular weight excluding hydrogens is 186 g/mol. The molecule has 2 N–H and O–H groups in total. The summed E-state index contributed by atoms with van der Waals surface area (Å²) in [6.07, 6.45) is 1.08. The fraction of sp³-hybridized carbons (Fsp3) is 0.538. The molecule has 0 spiro atoms. The van der Waals surface area contributed by atoms with Crippen LogP contribution in [0, 0.1) is 19.8 Å². The minimum atomic E-state index is 0.673. The van der Waals surface area contributed by atoms with E-state index in [1.54, 1.807) is 0 Å². The predicted octanol–water partition coefficient (Wildman–Crippen LogP) is 3.31. The second-order valence-corrected chi connectivity index (χ2v) is 4.46. The van der Waals surface area contributed by atoms with Gasteiger partial charge in [0.25, 0.3) is 0 Å². The molecule has 0 radical (unpaired) electrons. The molecular formula is C13H21NO. The molecule has 0 heterocycles. The van der Waals surface area contributed by atoms with Crippen molar-refractivity contribution in [3.63, 3.8) is 0 Å². The molecule has 1 aromatic rings. The number of hydrogen-bond acceptors (Lipinski definition) is 2. The highest BCUT2D eigenvalue weighted by Crippen LogP contribution is 2.27. The van der Waals surface area contributed by atoms with Crippen LogP contribution in [0.5, 0.6) is 5.75 Å². The van der Waals surface area contributed by atoms with Crippen LogP contribution in [0.15, 0.2) is 12.1 Å². The lowest BCUT2D eigenvalue weighted by Gasteiger charge is -2.14. The monoisotopic (exact) mass is 207 g/mol. The Kier molecular flexibility index (Phi) is 4.01. The van der Waals surface area contributed by atoms with Gasteiger partial charge in [0.15, 0.2) is 0 Å². The van der Waals surface area contributed by atoms with Crippen LogP contribution in [-0.2, 0) is 0 Å². The van der Waals surface area contributed by atoms with Gasteiger partial charge in [0.2, 0.25) is 0 Å². The van der Waals surface area contributed by atoms with Crippen LogP contribution in [0.25, 0.3) is 0 Å². The van der Waals surface area contributed by atoms with Crippen molar-refractivity contribution in [2.45, 2.75) is 34.1 Å². The molecule has 1 rings (SSSR count). The van der Waals surface area contributed by atoms with Gasteiger partial charge in [-0.1, -0.05) is 19.9 Å². The summed E-state index contributed by atoms with van der Waals surface area (Å²) in [5.41, 5.74) is 8.86. The van der Waals surface area contributed by atoms with Crippen molar-refractivity contribution in [3.8, 4) is 5.75 Å². The van der Waals surface area contributed by atoms with Crippen LogP contribution in [0.4, 0.5) is 5.69 Å². The van der Waals surface area contributed by atoms with Crippen LogP contribution in [0.3, 0.4) is 0 Å². The lowest BCUT2D eigenvalue weighted by atomic mass is 10.1. The van der Waals surface area contributed by atoms with E-state index in [1.165, 1.54) is 0 Å². The molecule has 0 atom stereocenters. The molecule has 2 heteroatoms. The van der Waals surface area contributed by atoms with Crippen molar-refractivity contribution in [3.05, 3.63) is 23.3 Å². The molecule has 0 bridgehead atoms. The fourth-order valence-corrected chi connectivity index (χ4v) is 1.46. The summed E-state index contributed by atoms with van der Waals surface area (Å²) in [7, 11) is 0. The quantitative estimate of drug-likeness (QED) is 0.769. The van der Waals surface area contributed by atoms with E-state index in [1.807, 2.05) is 19.1 Å². The van der Waals surface area contributed by atoms with Gasteiger partial charge in [-0.15, -0.1) is 0 Å². The average Bonchev–Trinajstić information content (AvgIpc) is 2.17. The van der Waals surface area contributed by atoms with Crippen LogP contribution in [-0.4, -0.2) is 6.61 Å². The molecule has 0 aliphatic heterocycles. The topological polar surface area (TPSA) is 35.2 Å². The lowest BCUT2D eigenvalue weighted by Crippen LogP contribution is -2.05. The molecule has 0 saturated heterocycles. The van der Waals surface area contributed by atoms with Gasteiger partial charge in [0.1, 0.15) is 5.75 Å². The van der Waals surface area contributed by atoms with Crippen LogP contribution in [0.1, 0.15) is 31.4 Å². The van der Waals surface area contributed by atoms with E-state index in [9.17, 15) is 0 Å². The second-order valence-electron chi connectivity index (χ2n) is 4.46. The van der Waals surface area contributed by atoms with Crippen molar-refractivity contribution < 1.29 is 4.74 Å². The Labute approximate surface area is 92.4 Å². The summed E-state index contributed by atoms with van der Waals surface area (Å²) in [4.78, 5) is 0. The number of ether oxygens (including phenoxy) is 1. The number of hydrogen-bond donors (Lipinski definition) is 1. The Morgan fingerprint density at radius 1 is 1.27 bits per heavy atom. The molecule has 0 fully saturated rings. The lowest BCUT2D eigenvalue weighted by molar-refractivity contribution is 0.286. The Balaban J connectivity index is 2.71. The first-order valence-corrected chi connectivity index (χ1v) is 5.51. The zero-order chi connectivity index (χ0) is 11.4. The van der Waals surface area contributed by atoms with Gasteiger partial charge in [-0.25, -0.2) is 0 Å². The molecule has 0 unspecified atom stereocenters. The number of nitrogen functional groups attached to an aromatic ring is 1. The van der Waals surface area contributed by atoms with E-state index in [2.05, 4.69) is 20.8 Å². The molecule has 1 aromatic carbocycles. The van der Waals surface area contributed by atoms with Crippen LogP contribution < -0.4 is 10.5 Å². The number of benzene rings is 1. The number of aryl methyl sites for hydroxylation is 1. The average molecular weight is 207 g/mol. The summed E-state index contributed by atoms with van der Waals surface area (Å²) >= 11 is 0. The van der Waals surface area contributed by atoms with E-state index in [0.717, 1.165) is 35.6 Å². The van der Waals surface area contributed by atoms with E-state index in [-0.39, 0.29) is 0 Å². The molecule has 0 aliphatic rings. The molecule has 0 saturated carbocycles. The molecule has 0 aliphatic carbocycles. The first kappa shape index (κ1) is 11.9. The van der Waals surface area contributed by atoms with E-state index in [0.29, 0.717) is 5.92 Å². The largest absolute Gasteiger partial charge is 0.493 e.